The molecule has 0 unspecified atom stereocenters. The van der Waals surface area contributed by atoms with Crippen LogP contribution in [0.15, 0.2) is 39.1 Å². The number of hydrogen-bond donors (Lipinski definition) is 3. The number of nitrogens with one attached hydrogen (secondary N) is 3. The van der Waals surface area contributed by atoms with E-state index in [1.54, 1.807) is 18.3 Å². The molecule has 164 valence electrons. The highest BCUT2D eigenvalue weighted by molar-refractivity contribution is 7.13. The first kappa shape index (κ1) is 21.2. The normalized spacial score (nSPS) is 10.7. The van der Waals surface area contributed by atoms with Gasteiger partial charge in [0.1, 0.15) is 10.8 Å². The topological polar surface area (TPSA) is 148 Å². The molecular weight excluding hydrogens is 434 g/mol. The third kappa shape index (κ3) is 4.34. The summed E-state index contributed by atoms with van der Waals surface area (Å²) in [5.74, 6) is 0.135. The van der Waals surface area contributed by atoms with E-state index in [1.807, 2.05) is 19.2 Å². The average Bonchev–Trinajstić information content (AvgIpc) is 3.41. The molecule has 0 fully saturated rings. The zero-order chi connectivity index (χ0) is 22.7. The maximum atomic E-state index is 12.0. The van der Waals surface area contributed by atoms with E-state index in [4.69, 9.17) is 9.15 Å². The molecule has 32 heavy (non-hydrogen) atoms. The van der Waals surface area contributed by atoms with Crippen molar-refractivity contribution in [1.29, 1.82) is 0 Å². The summed E-state index contributed by atoms with van der Waals surface area (Å²) < 4.78 is 10.5. The van der Waals surface area contributed by atoms with Crippen molar-refractivity contribution in [3.05, 3.63) is 46.2 Å². The average molecular weight is 453 g/mol. The maximum absolute atomic E-state index is 12.0. The molecule has 0 atom stereocenters. The SMILES string of the molecule is CCNC(=O)Nc1cc(-c2nc(C)cs2)c(-c2cc(-c3n[nH]c(=O)o3)cnc2OC)cn1. The fourth-order valence-corrected chi connectivity index (χ4v) is 3.82. The molecule has 3 N–H and O–H groups in total. The van der Waals surface area contributed by atoms with Crippen LogP contribution in [0, 0.1) is 6.92 Å². The van der Waals surface area contributed by atoms with E-state index in [0.29, 0.717) is 34.9 Å². The van der Waals surface area contributed by atoms with Crippen molar-refractivity contribution in [2.45, 2.75) is 13.8 Å². The van der Waals surface area contributed by atoms with Crippen LogP contribution in [0.25, 0.3) is 33.2 Å². The lowest BCUT2D eigenvalue weighted by molar-refractivity contribution is 0.252. The van der Waals surface area contributed by atoms with Gasteiger partial charge in [-0.15, -0.1) is 16.4 Å². The van der Waals surface area contributed by atoms with E-state index in [1.165, 1.54) is 24.6 Å². The summed E-state index contributed by atoms with van der Waals surface area (Å²) in [4.78, 5) is 36.6. The Morgan fingerprint density at radius 2 is 2.06 bits per heavy atom. The molecule has 0 aromatic carbocycles. The van der Waals surface area contributed by atoms with E-state index in [2.05, 4.69) is 35.8 Å². The van der Waals surface area contributed by atoms with Crippen LogP contribution in [0.4, 0.5) is 10.6 Å². The second-order valence-corrected chi connectivity index (χ2v) is 7.45. The quantitative estimate of drug-likeness (QED) is 0.403. The zero-order valence-corrected chi connectivity index (χ0v) is 18.2. The number of anilines is 1. The molecule has 4 aromatic rings. The largest absolute Gasteiger partial charge is 0.481 e. The van der Waals surface area contributed by atoms with Crippen molar-refractivity contribution in [3.8, 4) is 39.0 Å². The number of urea groups is 1. The van der Waals surface area contributed by atoms with Gasteiger partial charge in [0.05, 0.1) is 12.7 Å². The first-order valence-electron chi connectivity index (χ1n) is 9.56. The second-order valence-electron chi connectivity index (χ2n) is 6.59. The summed E-state index contributed by atoms with van der Waals surface area (Å²) in [7, 11) is 1.51. The highest BCUT2D eigenvalue weighted by atomic mass is 32.1. The van der Waals surface area contributed by atoms with E-state index < -0.39 is 5.76 Å². The van der Waals surface area contributed by atoms with Crippen LogP contribution < -0.4 is 21.1 Å². The Labute approximate surface area is 185 Å². The van der Waals surface area contributed by atoms with Gasteiger partial charge in [-0.05, 0) is 26.0 Å². The monoisotopic (exact) mass is 453 g/mol. The smallest absolute Gasteiger partial charge is 0.434 e. The Morgan fingerprint density at radius 3 is 2.72 bits per heavy atom. The first-order valence-corrected chi connectivity index (χ1v) is 10.4. The van der Waals surface area contributed by atoms with Crippen molar-refractivity contribution >= 4 is 23.2 Å². The van der Waals surface area contributed by atoms with Crippen LogP contribution in [0.5, 0.6) is 5.88 Å². The number of pyridine rings is 2. The molecule has 0 saturated carbocycles. The van der Waals surface area contributed by atoms with Crippen molar-refractivity contribution in [2.75, 3.05) is 19.0 Å². The highest BCUT2D eigenvalue weighted by Gasteiger charge is 2.19. The number of aromatic nitrogens is 5. The molecule has 4 rings (SSSR count). The summed E-state index contributed by atoms with van der Waals surface area (Å²) >= 11 is 1.46. The maximum Gasteiger partial charge on any atom is 0.434 e. The minimum absolute atomic E-state index is 0.0977. The Kier molecular flexibility index (Phi) is 5.94. The fourth-order valence-electron chi connectivity index (χ4n) is 2.99. The van der Waals surface area contributed by atoms with E-state index in [9.17, 15) is 9.59 Å². The summed E-state index contributed by atoms with van der Waals surface area (Å²) in [5, 5.41) is 14.1. The van der Waals surface area contributed by atoms with Gasteiger partial charge in [0.2, 0.25) is 5.88 Å². The van der Waals surface area contributed by atoms with E-state index in [-0.39, 0.29) is 11.9 Å². The fraction of sp³-hybridized carbons (Fsp3) is 0.200. The van der Waals surface area contributed by atoms with Gasteiger partial charge < -0.3 is 14.5 Å². The Bertz CT molecular complexity index is 1330. The molecular formula is C20H19N7O4S. The predicted octanol–water partition coefficient (Wildman–Crippen LogP) is 3.07. The Morgan fingerprint density at radius 1 is 1.22 bits per heavy atom. The van der Waals surface area contributed by atoms with Crippen molar-refractivity contribution in [1.82, 2.24) is 30.5 Å². The zero-order valence-electron chi connectivity index (χ0n) is 17.4. The van der Waals surface area contributed by atoms with Crippen molar-refractivity contribution < 1.29 is 13.9 Å². The van der Waals surface area contributed by atoms with Gasteiger partial charge in [-0.1, -0.05) is 0 Å². The molecule has 0 aliphatic rings. The van der Waals surface area contributed by atoms with Gasteiger partial charge in [0.25, 0.3) is 5.89 Å². The molecule has 0 aliphatic carbocycles. The molecule has 2 amide bonds. The molecule has 0 radical (unpaired) electrons. The standard InChI is InChI=1S/C20H19N7O4S/c1-4-21-19(28)25-15-6-13(18-24-10(2)9-32-18)14(8-22-15)12-5-11(7-23-17(12)30-3)16-26-27-20(29)31-16/h5-9H,4H2,1-3H3,(H,27,29)(H2,21,22,25,28). The molecule has 12 heteroatoms. The Balaban J connectivity index is 1.86. The molecule has 0 saturated heterocycles. The highest BCUT2D eigenvalue weighted by Crippen LogP contribution is 2.39. The number of nitrogens with zero attached hydrogens (tertiary/aromatic N) is 4. The van der Waals surface area contributed by atoms with Gasteiger partial charge in [-0.25, -0.2) is 29.6 Å². The number of hydrogen-bond acceptors (Lipinski definition) is 9. The van der Waals surface area contributed by atoms with Gasteiger partial charge in [-0.2, -0.15) is 0 Å². The molecule has 4 aromatic heterocycles. The number of H-pyrrole nitrogens is 1. The lowest BCUT2D eigenvalue weighted by atomic mass is 10.0. The van der Waals surface area contributed by atoms with Crippen LogP contribution in [-0.2, 0) is 0 Å². The number of ether oxygens (including phenoxy) is 1. The lowest BCUT2D eigenvalue weighted by Crippen LogP contribution is -2.28. The van der Waals surface area contributed by atoms with Crippen LogP contribution in [-0.4, -0.2) is 44.8 Å². The summed E-state index contributed by atoms with van der Waals surface area (Å²) in [6.45, 7) is 4.21. The van der Waals surface area contributed by atoms with Gasteiger partial charge in [-0.3, -0.25) is 5.32 Å². The molecule has 11 nitrogen and oxygen atoms in total. The summed E-state index contributed by atoms with van der Waals surface area (Å²) in [6, 6.07) is 3.12. The second kappa shape index (κ2) is 8.98. The predicted molar refractivity (Wildman–Crippen MR) is 119 cm³/mol. The third-order valence-electron chi connectivity index (χ3n) is 4.35. The van der Waals surface area contributed by atoms with Crippen molar-refractivity contribution in [2.24, 2.45) is 0 Å². The van der Waals surface area contributed by atoms with Crippen LogP contribution in [0.2, 0.25) is 0 Å². The Hall–Kier alpha value is -4.06. The summed E-state index contributed by atoms with van der Waals surface area (Å²) in [6.07, 6.45) is 3.10. The lowest BCUT2D eigenvalue weighted by Gasteiger charge is -2.13. The number of aryl methyl sites for hydroxylation is 1. The van der Waals surface area contributed by atoms with E-state index in [0.717, 1.165) is 16.3 Å². The number of rotatable bonds is 6. The molecule has 0 aliphatic heterocycles. The minimum Gasteiger partial charge on any atom is -0.481 e. The van der Waals surface area contributed by atoms with Gasteiger partial charge >= 0.3 is 11.8 Å². The van der Waals surface area contributed by atoms with E-state index >= 15 is 0 Å². The number of aromatic amines is 1. The third-order valence-corrected chi connectivity index (χ3v) is 5.35. The van der Waals surface area contributed by atoms with Gasteiger partial charge in [0, 0.05) is 46.7 Å². The molecule has 0 bridgehead atoms. The summed E-state index contributed by atoms with van der Waals surface area (Å²) in [5.41, 5.74) is 3.33. The van der Waals surface area contributed by atoms with Crippen LogP contribution in [0.1, 0.15) is 12.6 Å². The molecule has 0 spiro atoms. The number of thiazole rings is 1. The van der Waals surface area contributed by atoms with Crippen LogP contribution >= 0.6 is 11.3 Å². The van der Waals surface area contributed by atoms with Crippen LogP contribution in [0.3, 0.4) is 0 Å². The number of carbonyl (C=O) groups is 1. The van der Waals surface area contributed by atoms with Gasteiger partial charge in [0.15, 0.2) is 0 Å². The number of carbonyl (C=O) groups excluding carboxylic acids is 1. The number of methoxy groups -OCH3 is 1. The number of amides is 2. The minimum atomic E-state index is -0.668. The van der Waals surface area contributed by atoms with Crippen molar-refractivity contribution in [3.63, 3.8) is 0 Å². The first-order chi connectivity index (χ1) is 15.5. The molecule has 4 heterocycles.